The molecule has 3 rings (SSSR count). The molecule has 0 saturated heterocycles. The van der Waals surface area contributed by atoms with E-state index in [-0.39, 0.29) is 24.8 Å². The number of hydrogen-bond donors (Lipinski definition) is 1. The van der Waals surface area contributed by atoms with Gasteiger partial charge in [0, 0.05) is 28.7 Å². The van der Waals surface area contributed by atoms with E-state index in [0.29, 0.717) is 16.6 Å². The topological polar surface area (TPSA) is 21.3 Å². The van der Waals surface area contributed by atoms with Gasteiger partial charge in [0.1, 0.15) is 18.2 Å². The van der Waals surface area contributed by atoms with E-state index in [2.05, 4.69) is 5.32 Å². The molecule has 2 aromatic rings. The van der Waals surface area contributed by atoms with Gasteiger partial charge in [-0.3, -0.25) is 0 Å². The first-order valence-electron chi connectivity index (χ1n) is 8.10. The van der Waals surface area contributed by atoms with Crippen molar-refractivity contribution < 1.29 is 9.13 Å². The van der Waals surface area contributed by atoms with Crippen LogP contribution in [0.25, 0.3) is 0 Å². The molecule has 2 nitrogen and oxygen atoms in total. The Kier molecular flexibility index (Phi) is 7.35. The summed E-state index contributed by atoms with van der Waals surface area (Å²) in [6.45, 7) is 0.933. The lowest BCUT2D eigenvalue weighted by Gasteiger charge is -2.16. The van der Waals surface area contributed by atoms with Crippen LogP contribution in [-0.4, -0.2) is 6.04 Å². The Morgan fingerprint density at radius 3 is 2.58 bits per heavy atom. The van der Waals surface area contributed by atoms with Crippen LogP contribution < -0.4 is 10.1 Å². The second-order valence-electron chi connectivity index (χ2n) is 5.99. The molecule has 1 fully saturated rings. The number of nitrogens with one attached hydrogen (secondary N) is 1. The molecule has 0 bridgehead atoms. The fourth-order valence-electron chi connectivity index (χ4n) is 2.98. The summed E-state index contributed by atoms with van der Waals surface area (Å²) in [6, 6.07) is 12.8. The van der Waals surface area contributed by atoms with E-state index in [9.17, 15) is 4.39 Å². The lowest BCUT2D eigenvalue weighted by Crippen LogP contribution is -2.25. The summed E-state index contributed by atoms with van der Waals surface area (Å²) in [5.74, 6) is 0.509. The van der Waals surface area contributed by atoms with Gasteiger partial charge in [0.25, 0.3) is 0 Å². The molecule has 1 N–H and O–H groups in total. The quantitative estimate of drug-likeness (QED) is 0.724. The van der Waals surface area contributed by atoms with Gasteiger partial charge in [-0.2, -0.15) is 0 Å². The summed E-state index contributed by atoms with van der Waals surface area (Å²) < 4.78 is 19.5. The molecule has 1 aliphatic carbocycles. The van der Waals surface area contributed by atoms with E-state index >= 15 is 0 Å². The zero-order chi connectivity index (χ0) is 16.1. The van der Waals surface area contributed by atoms with Gasteiger partial charge in [-0.15, -0.1) is 12.4 Å². The maximum Gasteiger partial charge on any atom is 0.129 e. The van der Waals surface area contributed by atoms with Crippen molar-refractivity contribution in [3.05, 3.63) is 64.4 Å². The van der Waals surface area contributed by atoms with Gasteiger partial charge in [0.05, 0.1) is 0 Å². The first kappa shape index (κ1) is 19.0. The van der Waals surface area contributed by atoms with Crippen molar-refractivity contribution >= 4 is 24.0 Å². The van der Waals surface area contributed by atoms with Gasteiger partial charge >= 0.3 is 0 Å². The minimum absolute atomic E-state index is 0. The molecular weight excluding hydrogens is 348 g/mol. The maximum absolute atomic E-state index is 13.7. The molecule has 0 radical (unpaired) electrons. The summed E-state index contributed by atoms with van der Waals surface area (Å²) in [4.78, 5) is 0. The van der Waals surface area contributed by atoms with Gasteiger partial charge in [-0.1, -0.05) is 42.6 Å². The average molecular weight is 370 g/mol. The van der Waals surface area contributed by atoms with Crippen LogP contribution in [0, 0.1) is 5.82 Å². The van der Waals surface area contributed by atoms with Crippen LogP contribution in [0.2, 0.25) is 5.02 Å². The maximum atomic E-state index is 13.7. The Morgan fingerprint density at radius 2 is 1.83 bits per heavy atom. The van der Waals surface area contributed by atoms with Crippen molar-refractivity contribution in [3.8, 4) is 5.75 Å². The molecule has 0 amide bonds. The van der Waals surface area contributed by atoms with Crippen LogP contribution in [0.15, 0.2) is 42.5 Å². The van der Waals surface area contributed by atoms with Crippen molar-refractivity contribution in [2.24, 2.45) is 0 Å². The Bertz CT molecular complexity index is 660. The second-order valence-corrected chi connectivity index (χ2v) is 6.43. The first-order valence-corrected chi connectivity index (χ1v) is 8.48. The van der Waals surface area contributed by atoms with Crippen LogP contribution >= 0.6 is 24.0 Å². The number of ether oxygens (including phenoxy) is 1. The number of halogens is 3. The highest BCUT2D eigenvalue weighted by atomic mass is 35.5. The molecule has 1 aliphatic rings. The molecule has 5 heteroatoms. The van der Waals surface area contributed by atoms with Crippen molar-refractivity contribution in [1.29, 1.82) is 0 Å². The van der Waals surface area contributed by atoms with Crippen molar-refractivity contribution in [2.45, 2.75) is 44.9 Å². The zero-order valence-corrected chi connectivity index (χ0v) is 15.0. The summed E-state index contributed by atoms with van der Waals surface area (Å²) in [7, 11) is 0. The smallest absolute Gasteiger partial charge is 0.129 e. The molecule has 1 saturated carbocycles. The Labute approximate surface area is 153 Å². The molecule has 0 aromatic heterocycles. The molecule has 130 valence electrons. The lowest BCUT2D eigenvalue weighted by molar-refractivity contribution is 0.295. The Balaban J connectivity index is 0.00000208. The van der Waals surface area contributed by atoms with Crippen LogP contribution in [0.3, 0.4) is 0 Å². The van der Waals surface area contributed by atoms with Crippen LogP contribution in [-0.2, 0) is 13.2 Å². The van der Waals surface area contributed by atoms with E-state index in [1.54, 1.807) is 18.2 Å². The number of hydrogen-bond acceptors (Lipinski definition) is 2. The average Bonchev–Trinajstić information content (AvgIpc) is 3.07. The summed E-state index contributed by atoms with van der Waals surface area (Å²) in [5.41, 5.74) is 1.57. The highest BCUT2D eigenvalue weighted by molar-refractivity contribution is 6.30. The van der Waals surface area contributed by atoms with Gasteiger partial charge < -0.3 is 10.1 Å². The minimum atomic E-state index is -0.243. The monoisotopic (exact) mass is 369 g/mol. The van der Waals surface area contributed by atoms with Gasteiger partial charge in [0.15, 0.2) is 0 Å². The van der Waals surface area contributed by atoms with Gasteiger partial charge in [0.2, 0.25) is 0 Å². The molecule has 24 heavy (non-hydrogen) atoms. The number of benzene rings is 2. The van der Waals surface area contributed by atoms with Crippen LogP contribution in [0.1, 0.15) is 36.8 Å². The van der Waals surface area contributed by atoms with E-state index in [0.717, 1.165) is 17.9 Å². The van der Waals surface area contributed by atoms with E-state index in [1.807, 2.05) is 18.2 Å². The molecular formula is C19H22Cl2FNO. The van der Waals surface area contributed by atoms with Crippen molar-refractivity contribution in [1.82, 2.24) is 5.32 Å². The van der Waals surface area contributed by atoms with E-state index in [4.69, 9.17) is 16.3 Å². The molecule has 0 spiro atoms. The first-order chi connectivity index (χ1) is 11.2. The highest BCUT2D eigenvalue weighted by Crippen LogP contribution is 2.25. The predicted molar refractivity (Wildman–Crippen MR) is 98.5 cm³/mol. The van der Waals surface area contributed by atoms with Gasteiger partial charge in [-0.05, 0) is 37.1 Å². The van der Waals surface area contributed by atoms with E-state index < -0.39 is 0 Å². The molecule has 0 atom stereocenters. The van der Waals surface area contributed by atoms with E-state index in [1.165, 1.54) is 31.7 Å². The normalized spacial score (nSPS) is 14.4. The standard InChI is InChI=1S/C19H21ClFNO.ClH/c20-16-9-10-19(23-13-14-5-1-4-8-18(14)21)15(11-16)12-22-17-6-2-3-7-17;/h1,4-5,8-11,17,22H,2-3,6-7,12-13H2;1H. The minimum Gasteiger partial charge on any atom is -0.488 e. The largest absolute Gasteiger partial charge is 0.488 e. The highest BCUT2D eigenvalue weighted by Gasteiger charge is 2.15. The fourth-order valence-corrected chi connectivity index (χ4v) is 3.18. The van der Waals surface area contributed by atoms with Crippen LogP contribution in [0.4, 0.5) is 4.39 Å². The van der Waals surface area contributed by atoms with Gasteiger partial charge in [-0.25, -0.2) is 4.39 Å². The summed E-state index contributed by atoms with van der Waals surface area (Å²) in [6.07, 6.45) is 5.05. The summed E-state index contributed by atoms with van der Waals surface area (Å²) >= 11 is 6.11. The van der Waals surface area contributed by atoms with Crippen LogP contribution in [0.5, 0.6) is 5.75 Å². The Morgan fingerprint density at radius 1 is 1.08 bits per heavy atom. The third-order valence-electron chi connectivity index (χ3n) is 4.30. The molecule has 0 heterocycles. The zero-order valence-electron chi connectivity index (χ0n) is 13.4. The van der Waals surface area contributed by atoms with Crippen molar-refractivity contribution in [2.75, 3.05) is 0 Å². The third kappa shape index (κ3) is 5.10. The lowest BCUT2D eigenvalue weighted by atomic mass is 10.1. The molecule has 0 unspecified atom stereocenters. The fraction of sp³-hybridized carbons (Fsp3) is 0.368. The number of rotatable bonds is 6. The SMILES string of the molecule is Cl.Fc1ccccc1COc1ccc(Cl)cc1CNC1CCCC1. The second kappa shape index (κ2) is 9.26. The summed E-state index contributed by atoms with van der Waals surface area (Å²) in [5, 5.41) is 4.25. The molecule has 0 aliphatic heterocycles. The van der Waals surface area contributed by atoms with Crippen molar-refractivity contribution in [3.63, 3.8) is 0 Å². The predicted octanol–water partition coefficient (Wildman–Crippen LogP) is 5.51. The molecule has 2 aromatic carbocycles. The third-order valence-corrected chi connectivity index (χ3v) is 4.54. The Hall–Kier alpha value is -1.29.